The van der Waals surface area contributed by atoms with Crippen LogP contribution in [-0.2, 0) is 16.1 Å². The molecule has 0 atom stereocenters. The number of para-hydroxylation sites is 1. The Morgan fingerprint density at radius 3 is 2.87 bits per heavy atom. The van der Waals surface area contributed by atoms with E-state index in [1.807, 2.05) is 24.0 Å². The van der Waals surface area contributed by atoms with Gasteiger partial charge in [0.25, 0.3) is 5.56 Å². The van der Waals surface area contributed by atoms with Crippen molar-refractivity contribution < 1.29 is 9.53 Å². The van der Waals surface area contributed by atoms with Crippen molar-refractivity contribution in [2.24, 2.45) is 0 Å². The molecule has 0 spiro atoms. The molecule has 0 aliphatic carbocycles. The second kappa shape index (κ2) is 6.91. The monoisotopic (exact) mass is 315 g/mol. The first-order chi connectivity index (χ1) is 11.2. The highest BCUT2D eigenvalue weighted by molar-refractivity contribution is 5.80. The van der Waals surface area contributed by atoms with Crippen LogP contribution < -0.4 is 5.56 Å². The second-order valence-electron chi connectivity index (χ2n) is 5.81. The molecule has 6 nitrogen and oxygen atoms in total. The molecule has 122 valence electrons. The van der Waals surface area contributed by atoms with Crippen LogP contribution in [-0.4, -0.2) is 46.7 Å². The second-order valence-corrected chi connectivity index (χ2v) is 5.81. The number of ether oxygens (including phenoxy) is 1. The Bertz CT molecular complexity index is 763. The van der Waals surface area contributed by atoms with Crippen molar-refractivity contribution in [1.82, 2.24) is 14.5 Å². The van der Waals surface area contributed by atoms with Crippen LogP contribution in [0.1, 0.15) is 18.4 Å². The molecule has 0 unspecified atom stereocenters. The predicted octanol–water partition coefficient (Wildman–Crippen LogP) is 1.34. The van der Waals surface area contributed by atoms with E-state index in [9.17, 15) is 9.59 Å². The molecule has 6 heteroatoms. The van der Waals surface area contributed by atoms with Gasteiger partial charge in [0.05, 0.1) is 30.4 Å². The number of rotatable bonds is 4. The van der Waals surface area contributed by atoms with Gasteiger partial charge in [0.2, 0.25) is 5.91 Å². The molecular weight excluding hydrogens is 294 g/mol. The number of amides is 1. The highest BCUT2D eigenvalue weighted by Gasteiger charge is 2.16. The van der Waals surface area contributed by atoms with E-state index in [2.05, 4.69) is 4.98 Å². The number of hydrogen-bond acceptors (Lipinski definition) is 4. The van der Waals surface area contributed by atoms with Crippen LogP contribution in [0.5, 0.6) is 0 Å². The van der Waals surface area contributed by atoms with Gasteiger partial charge in [-0.15, -0.1) is 0 Å². The van der Waals surface area contributed by atoms with Crippen molar-refractivity contribution in [2.45, 2.75) is 26.3 Å². The van der Waals surface area contributed by atoms with E-state index in [-0.39, 0.29) is 11.5 Å². The summed E-state index contributed by atoms with van der Waals surface area (Å²) in [6.07, 6.45) is 2.66. The lowest BCUT2D eigenvalue weighted by atomic mass is 10.1. The zero-order valence-electron chi connectivity index (χ0n) is 13.3. The molecule has 1 fully saturated rings. The van der Waals surface area contributed by atoms with Crippen LogP contribution in [0.3, 0.4) is 0 Å². The van der Waals surface area contributed by atoms with Crippen molar-refractivity contribution in [3.63, 3.8) is 0 Å². The number of aromatic nitrogens is 2. The minimum absolute atomic E-state index is 0.0440. The molecule has 0 saturated carbocycles. The summed E-state index contributed by atoms with van der Waals surface area (Å²) in [5.41, 5.74) is 1.70. The van der Waals surface area contributed by atoms with Gasteiger partial charge in [-0.1, -0.05) is 12.1 Å². The van der Waals surface area contributed by atoms with Gasteiger partial charge in [-0.2, -0.15) is 0 Å². The highest BCUT2D eigenvalue weighted by atomic mass is 16.5. The van der Waals surface area contributed by atoms with Gasteiger partial charge in [0.1, 0.15) is 0 Å². The summed E-state index contributed by atoms with van der Waals surface area (Å²) >= 11 is 0. The van der Waals surface area contributed by atoms with E-state index in [0.29, 0.717) is 51.1 Å². The van der Waals surface area contributed by atoms with Crippen molar-refractivity contribution >= 4 is 16.8 Å². The lowest BCUT2D eigenvalue weighted by Gasteiger charge is -2.26. The zero-order valence-corrected chi connectivity index (χ0v) is 13.3. The van der Waals surface area contributed by atoms with Crippen LogP contribution in [0.15, 0.2) is 29.3 Å². The van der Waals surface area contributed by atoms with Crippen molar-refractivity contribution in [1.29, 1.82) is 0 Å². The van der Waals surface area contributed by atoms with E-state index in [1.165, 1.54) is 0 Å². The first-order valence-corrected chi connectivity index (χ1v) is 7.97. The summed E-state index contributed by atoms with van der Waals surface area (Å²) in [5, 5.41) is 0.631. The molecule has 3 rings (SSSR count). The first kappa shape index (κ1) is 15.7. The number of fused-ring (bicyclic) bond motifs is 1. The Labute approximate surface area is 134 Å². The number of hydrogen-bond donors (Lipinski definition) is 0. The minimum atomic E-state index is -0.0440. The smallest absolute Gasteiger partial charge is 0.261 e. The topological polar surface area (TPSA) is 64.4 Å². The van der Waals surface area contributed by atoms with Crippen LogP contribution in [0.2, 0.25) is 0 Å². The normalized spacial score (nSPS) is 15.1. The van der Waals surface area contributed by atoms with E-state index >= 15 is 0 Å². The third kappa shape index (κ3) is 3.42. The van der Waals surface area contributed by atoms with Gasteiger partial charge < -0.3 is 9.64 Å². The molecule has 1 aromatic carbocycles. The number of aryl methyl sites for hydroxylation is 2. The standard InChI is InChI=1S/C17H21N3O3/c1-13-4-2-5-14-16(13)18-12-20(17(14)22)7-3-6-15(21)19-8-10-23-11-9-19/h2,4-5,12H,3,6-11H2,1H3. The quantitative estimate of drug-likeness (QED) is 0.854. The first-order valence-electron chi connectivity index (χ1n) is 7.97. The minimum Gasteiger partial charge on any atom is -0.378 e. The Kier molecular flexibility index (Phi) is 4.71. The SMILES string of the molecule is Cc1cccc2c(=O)n(CCCC(=O)N3CCOCC3)cnc12. The van der Waals surface area contributed by atoms with E-state index in [4.69, 9.17) is 4.74 Å². The van der Waals surface area contributed by atoms with E-state index in [1.54, 1.807) is 17.0 Å². The third-order valence-electron chi connectivity index (χ3n) is 4.21. The van der Waals surface area contributed by atoms with Crippen molar-refractivity contribution in [2.75, 3.05) is 26.3 Å². The molecule has 1 aliphatic heterocycles. The Morgan fingerprint density at radius 2 is 2.09 bits per heavy atom. The molecule has 0 bridgehead atoms. The largest absolute Gasteiger partial charge is 0.378 e. The third-order valence-corrected chi connectivity index (χ3v) is 4.21. The summed E-state index contributed by atoms with van der Waals surface area (Å²) in [6.45, 7) is 5.00. The van der Waals surface area contributed by atoms with Gasteiger partial charge in [0.15, 0.2) is 0 Å². The number of morpholine rings is 1. The number of carbonyl (C=O) groups is 1. The molecule has 1 amide bonds. The van der Waals surface area contributed by atoms with Gasteiger partial charge in [0, 0.05) is 26.1 Å². The Balaban J connectivity index is 1.64. The number of benzene rings is 1. The molecule has 1 aromatic heterocycles. The predicted molar refractivity (Wildman–Crippen MR) is 87.4 cm³/mol. The molecule has 1 saturated heterocycles. The maximum atomic E-state index is 12.5. The highest BCUT2D eigenvalue weighted by Crippen LogP contribution is 2.11. The molecule has 1 aliphatic rings. The summed E-state index contributed by atoms with van der Waals surface area (Å²) in [5.74, 6) is 0.131. The van der Waals surface area contributed by atoms with Crippen LogP contribution in [0.4, 0.5) is 0 Å². The maximum Gasteiger partial charge on any atom is 0.261 e. The lowest BCUT2D eigenvalue weighted by Crippen LogP contribution is -2.40. The van der Waals surface area contributed by atoms with Gasteiger partial charge in [-0.05, 0) is 25.0 Å². The van der Waals surface area contributed by atoms with Gasteiger partial charge in [-0.25, -0.2) is 4.98 Å². The molecular formula is C17H21N3O3. The average molecular weight is 315 g/mol. The van der Waals surface area contributed by atoms with Crippen molar-refractivity contribution in [3.05, 3.63) is 40.4 Å². The molecule has 0 radical (unpaired) electrons. The average Bonchev–Trinajstić information content (AvgIpc) is 2.58. The molecule has 23 heavy (non-hydrogen) atoms. The van der Waals surface area contributed by atoms with Crippen LogP contribution >= 0.6 is 0 Å². The van der Waals surface area contributed by atoms with E-state index < -0.39 is 0 Å². The summed E-state index contributed by atoms with van der Waals surface area (Å²) < 4.78 is 6.83. The fraction of sp³-hybridized carbons (Fsp3) is 0.471. The van der Waals surface area contributed by atoms with Crippen LogP contribution in [0.25, 0.3) is 10.9 Å². The van der Waals surface area contributed by atoms with Gasteiger partial charge in [-0.3, -0.25) is 14.2 Å². The fourth-order valence-electron chi connectivity index (χ4n) is 2.87. The fourth-order valence-corrected chi connectivity index (χ4v) is 2.87. The van der Waals surface area contributed by atoms with Crippen molar-refractivity contribution in [3.8, 4) is 0 Å². The number of nitrogens with zero attached hydrogens (tertiary/aromatic N) is 3. The Hall–Kier alpha value is -2.21. The summed E-state index contributed by atoms with van der Waals surface area (Å²) in [7, 11) is 0. The van der Waals surface area contributed by atoms with E-state index in [0.717, 1.165) is 11.1 Å². The molecule has 2 aromatic rings. The van der Waals surface area contributed by atoms with Crippen LogP contribution in [0, 0.1) is 6.92 Å². The summed E-state index contributed by atoms with van der Waals surface area (Å²) in [6, 6.07) is 5.61. The molecule has 0 N–H and O–H groups in total. The molecule has 2 heterocycles. The summed E-state index contributed by atoms with van der Waals surface area (Å²) in [4.78, 5) is 30.8. The number of carbonyl (C=O) groups excluding carboxylic acids is 1. The Morgan fingerprint density at radius 1 is 1.30 bits per heavy atom. The van der Waals surface area contributed by atoms with Gasteiger partial charge >= 0.3 is 0 Å². The zero-order chi connectivity index (χ0) is 16.2. The lowest BCUT2D eigenvalue weighted by molar-refractivity contribution is -0.135. The maximum absolute atomic E-state index is 12.5.